The molecule has 0 N–H and O–H groups in total. The SMILES string of the molecule is CC(C)N=C1S/C(=C\c2ccc(-c3ccc(Cl)cc3Cl)o2)C(=O)N1C(C)C. The number of rotatable bonds is 4. The van der Waals surface area contributed by atoms with Crippen molar-refractivity contribution in [2.75, 3.05) is 0 Å². The molecule has 4 nitrogen and oxygen atoms in total. The summed E-state index contributed by atoms with van der Waals surface area (Å²) in [6, 6.07) is 9.04. The van der Waals surface area contributed by atoms with E-state index in [-0.39, 0.29) is 18.0 Å². The maximum Gasteiger partial charge on any atom is 0.267 e. The number of carbonyl (C=O) groups is 1. The standard InChI is InChI=1S/C20H20Cl2N2O2S/c1-11(2)23-20-24(12(3)4)19(25)18(27-20)10-14-6-8-17(26-14)15-7-5-13(21)9-16(15)22/h5-12H,1-4H3/b18-10-,23-20?. The molecule has 0 unspecified atom stereocenters. The van der Waals surface area contributed by atoms with E-state index in [1.807, 2.05) is 45.9 Å². The summed E-state index contributed by atoms with van der Waals surface area (Å²) in [4.78, 5) is 19.7. The maximum absolute atomic E-state index is 12.8. The van der Waals surface area contributed by atoms with Gasteiger partial charge in [0.05, 0.1) is 9.93 Å². The second-order valence-electron chi connectivity index (χ2n) is 6.71. The van der Waals surface area contributed by atoms with E-state index >= 15 is 0 Å². The van der Waals surface area contributed by atoms with Crippen LogP contribution in [0.3, 0.4) is 0 Å². The molecular formula is C20H20Cl2N2O2S. The molecule has 1 saturated heterocycles. The van der Waals surface area contributed by atoms with E-state index in [1.165, 1.54) is 11.8 Å². The second-order valence-corrected chi connectivity index (χ2v) is 8.56. The van der Waals surface area contributed by atoms with E-state index in [9.17, 15) is 4.79 Å². The van der Waals surface area contributed by atoms with Crippen molar-refractivity contribution >= 4 is 52.1 Å². The van der Waals surface area contributed by atoms with E-state index in [2.05, 4.69) is 4.99 Å². The van der Waals surface area contributed by atoms with Crippen molar-refractivity contribution in [2.24, 2.45) is 4.99 Å². The van der Waals surface area contributed by atoms with Crippen LogP contribution >= 0.6 is 35.0 Å². The quantitative estimate of drug-likeness (QED) is 0.539. The number of nitrogens with zero attached hydrogens (tertiary/aromatic N) is 2. The summed E-state index contributed by atoms with van der Waals surface area (Å²) in [7, 11) is 0. The van der Waals surface area contributed by atoms with Gasteiger partial charge in [-0.15, -0.1) is 0 Å². The Balaban J connectivity index is 1.91. The number of aliphatic imine (C=N–C) groups is 1. The molecule has 0 aliphatic carbocycles. The fourth-order valence-corrected chi connectivity index (χ4v) is 4.36. The number of amides is 1. The monoisotopic (exact) mass is 422 g/mol. The van der Waals surface area contributed by atoms with E-state index in [0.29, 0.717) is 26.5 Å². The third-order valence-corrected chi connectivity index (χ3v) is 5.36. The lowest BCUT2D eigenvalue weighted by Gasteiger charge is -2.20. The van der Waals surface area contributed by atoms with Gasteiger partial charge in [0.15, 0.2) is 5.17 Å². The number of hydrogen-bond acceptors (Lipinski definition) is 4. The Morgan fingerprint density at radius 3 is 2.52 bits per heavy atom. The Labute approximate surface area is 173 Å². The van der Waals surface area contributed by atoms with Crippen LogP contribution in [0.2, 0.25) is 10.0 Å². The van der Waals surface area contributed by atoms with Gasteiger partial charge in [0.1, 0.15) is 11.5 Å². The molecule has 1 aliphatic heterocycles. The lowest BCUT2D eigenvalue weighted by atomic mass is 10.2. The summed E-state index contributed by atoms with van der Waals surface area (Å²) in [5.74, 6) is 1.15. The number of halogens is 2. The second kappa shape index (κ2) is 8.13. The molecule has 142 valence electrons. The van der Waals surface area contributed by atoms with Crippen LogP contribution in [0.5, 0.6) is 0 Å². The maximum atomic E-state index is 12.8. The van der Waals surface area contributed by atoms with Gasteiger partial charge in [-0.25, -0.2) is 0 Å². The minimum Gasteiger partial charge on any atom is -0.457 e. The number of amidine groups is 1. The fourth-order valence-electron chi connectivity index (χ4n) is 2.65. The van der Waals surface area contributed by atoms with Crippen LogP contribution in [0.1, 0.15) is 33.5 Å². The highest BCUT2D eigenvalue weighted by Gasteiger charge is 2.35. The largest absolute Gasteiger partial charge is 0.457 e. The Morgan fingerprint density at radius 2 is 1.89 bits per heavy atom. The Kier molecular flexibility index (Phi) is 6.04. The van der Waals surface area contributed by atoms with Gasteiger partial charge in [-0.2, -0.15) is 0 Å². The number of benzene rings is 1. The smallest absolute Gasteiger partial charge is 0.267 e. The molecule has 1 aromatic heterocycles. The van der Waals surface area contributed by atoms with Crippen molar-refractivity contribution in [3.8, 4) is 11.3 Å². The van der Waals surface area contributed by atoms with Gasteiger partial charge in [0.2, 0.25) is 0 Å². The minimum absolute atomic E-state index is 0.0356. The van der Waals surface area contributed by atoms with Crippen LogP contribution in [0.15, 0.2) is 44.6 Å². The fraction of sp³-hybridized carbons (Fsp3) is 0.300. The van der Waals surface area contributed by atoms with Gasteiger partial charge in [-0.05, 0) is 69.8 Å². The predicted molar refractivity (Wildman–Crippen MR) is 114 cm³/mol. The molecule has 27 heavy (non-hydrogen) atoms. The van der Waals surface area contributed by atoms with E-state index in [1.54, 1.807) is 23.1 Å². The summed E-state index contributed by atoms with van der Waals surface area (Å²) in [5.41, 5.74) is 0.752. The molecule has 0 saturated carbocycles. The first kappa shape index (κ1) is 20.1. The first-order valence-electron chi connectivity index (χ1n) is 8.62. The molecule has 0 radical (unpaired) electrons. The molecule has 2 heterocycles. The van der Waals surface area contributed by atoms with E-state index < -0.39 is 0 Å². The molecule has 3 rings (SSSR count). The average Bonchev–Trinajstić information content (AvgIpc) is 3.12. The zero-order valence-corrected chi connectivity index (χ0v) is 17.8. The summed E-state index contributed by atoms with van der Waals surface area (Å²) in [6.07, 6.45) is 1.75. The van der Waals surface area contributed by atoms with E-state index in [0.717, 1.165) is 10.7 Å². The normalized spacial score (nSPS) is 17.9. The molecule has 7 heteroatoms. The third kappa shape index (κ3) is 4.42. The van der Waals surface area contributed by atoms with Crippen LogP contribution < -0.4 is 0 Å². The predicted octanol–water partition coefficient (Wildman–Crippen LogP) is 6.34. The van der Waals surface area contributed by atoms with Gasteiger partial charge in [-0.1, -0.05) is 23.2 Å². The minimum atomic E-state index is -0.0584. The Hall–Kier alpha value is -1.69. The van der Waals surface area contributed by atoms with Crippen molar-refractivity contribution in [3.05, 3.63) is 51.0 Å². The molecule has 1 fully saturated rings. The topological polar surface area (TPSA) is 45.8 Å². The number of thioether (sulfide) groups is 1. The van der Waals surface area contributed by atoms with Crippen LogP contribution in [0.4, 0.5) is 0 Å². The van der Waals surface area contributed by atoms with Crippen molar-refractivity contribution in [1.29, 1.82) is 0 Å². The van der Waals surface area contributed by atoms with Crippen molar-refractivity contribution in [3.63, 3.8) is 0 Å². The molecule has 0 atom stereocenters. The lowest BCUT2D eigenvalue weighted by molar-refractivity contribution is -0.123. The molecule has 1 amide bonds. The van der Waals surface area contributed by atoms with Crippen LogP contribution in [-0.2, 0) is 4.79 Å². The first-order valence-corrected chi connectivity index (χ1v) is 10.2. The summed E-state index contributed by atoms with van der Waals surface area (Å²) in [5, 5.41) is 1.81. The van der Waals surface area contributed by atoms with Crippen molar-refractivity contribution < 1.29 is 9.21 Å². The molecule has 0 spiro atoms. The summed E-state index contributed by atoms with van der Waals surface area (Å²) >= 11 is 13.6. The van der Waals surface area contributed by atoms with Crippen molar-refractivity contribution in [2.45, 2.75) is 39.8 Å². The van der Waals surface area contributed by atoms with Crippen LogP contribution in [-0.4, -0.2) is 28.1 Å². The zero-order chi connectivity index (χ0) is 19.7. The van der Waals surface area contributed by atoms with Gasteiger partial charge in [-0.3, -0.25) is 14.7 Å². The molecule has 0 bridgehead atoms. The average molecular weight is 423 g/mol. The Bertz CT molecular complexity index is 932. The number of carbonyl (C=O) groups excluding carboxylic acids is 1. The highest BCUT2D eigenvalue weighted by atomic mass is 35.5. The summed E-state index contributed by atoms with van der Waals surface area (Å²) in [6.45, 7) is 7.94. The van der Waals surface area contributed by atoms with Gasteiger partial charge in [0, 0.05) is 28.7 Å². The highest BCUT2D eigenvalue weighted by molar-refractivity contribution is 8.18. The molecular weight excluding hydrogens is 403 g/mol. The number of hydrogen-bond donors (Lipinski definition) is 0. The molecule has 2 aromatic rings. The van der Waals surface area contributed by atoms with Crippen LogP contribution in [0, 0.1) is 0 Å². The molecule has 1 aliphatic rings. The summed E-state index contributed by atoms with van der Waals surface area (Å²) < 4.78 is 5.88. The highest BCUT2D eigenvalue weighted by Crippen LogP contribution is 2.36. The first-order chi connectivity index (χ1) is 12.8. The third-order valence-electron chi connectivity index (χ3n) is 3.82. The lowest BCUT2D eigenvalue weighted by Crippen LogP contribution is -2.35. The number of furan rings is 1. The van der Waals surface area contributed by atoms with Crippen molar-refractivity contribution in [1.82, 2.24) is 4.90 Å². The van der Waals surface area contributed by atoms with Gasteiger partial charge in [0.25, 0.3) is 5.91 Å². The van der Waals surface area contributed by atoms with E-state index in [4.69, 9.17) is 27.6 Å². The van der Waals surface area contributed by atoms with Gasteiger partial charge < -0.3 is 4.42 Å². The van der Waals surface area contributed by atoms with Crippen LogP contribution in [0.25, 0.3) is 17.4 Å². The molecule has 1 aromatic carbocycles. The Morgan fingerprint density at radius 1 is 1.15 bits per heavy atom. The zero-order valence-electron chi connectivity index (χ0n) is 15.5. The van der Waals surface area contributed by atoms with Gasteiger partial charge >= 0.3 is 0 Å².